The minimum absolute atomic E-state index is 0.146. The van der Waals surface area contributed by atoms with Crippen molar-refractivity contribution in [3.05, 3.63) is 29.8 Å². The zero-order valence-electron chi connectivity index (χ0n) is 15.8. The molecule has 5 heteroatoms. The Labute approximate surface area is 146 Å². The topological polar surface area (TPSA) is 59.6 Å². The first-order valence-corrected chi connectivity index (χ1v) is 8.64. The van der Waals surface area contributed by atoms with Crippen LogP contribution in [-0.4, -0.2) is 30.9 Å². The van der Waals surface area contributed by atoms with Crippen LogP contribution < -0.4 is 15.4 Å². The van der Waals surface area contributed by atoms with Gasteiger partial charge in [-0.1, -0.05) is 32.0 Å². The molecule has 0 aromatic heterocycles. The summed E-state index contributed by atoms with van der Waals surface area (Å²) in [5.74, 6) is 1.27. The van der Waals surface area contributed by atoms with Gasteiger partial charge in [-0.3, -0.25) is 0 Å². The highest BCUT2D eigenvalue weighted by Gasteiger charge is 2.19. The fraction of sp³-hybridized carbons (Fsp3) is 0.632. The maximum Gasteiger partial charge on any atom is 0.407 e. The van der Waals surface area contributed by atoms with Crippen LogP contribution >= 0.6 is 0 Å². The monoisotopic (exact) mass is 336 g/mol. The van der Waals surface area contributed by atoms with E-state index in [1.807, 2.05) is 45.9 Å². The lowest BCUT2D eigenvalue weighted by Gasteiger charge is -2.25. The van der Waals surface area contributed by atoms with Gasteiger partial charge >= 0.3 is 6.09 Å². The van der Waals surface area contributed by atoms with Crippen LogP contribution in [-0.2, 0) is 11.3 Å². The van der Waals surface area contributed by atoms with Crippen molar-refractivity contribution in [2.24, 2.45) is 5.92 Å². The van der Waals surface area contributed by atoms with Crippen LogP contribution in [0, 0.1) is 5.92 Å². The largest absolute Gasteiger partial charge is 0.494 e. The van der Waals surface area contributed by atoms with Gasteiger partial charge in [0.25, 0.3) is 0 Å². The molecule has 0 aliphatic rings. The number of ether oxygens (including phenoxy) is 2. The summed E-state index contributed by atoms with van der Waals surface area (Å²) >= 11 is 0. The van der Waals surface area contributed by atoms with Gasteiger partial charge in [0, 0.05) is 24.7 Å². The molecule has 2 N–H and O–H groups in total. The van der Waals surface area contributed by atoms with E-state index in [1.165, 1.54) is 0 Å². The van der Waals surface area contributed by atoms with Crippen molar-refractivity contribution < 1.29 is 14.3 Å². The number of amides is 1. The summed E-state index contributed by atoms with van der Waals surface area (Å²) in [6.07, 6.45) is -0.385. The lowest BCUT2D eigenvalue weighted by atomic mass is 10.0. The van der Waals surface area contributed by atoms with Gasteiger partial charge in [0.15, 0.2) is 0 Å². The normalized spacial score (nSPS) is 12.8. The zero-order valence-corrected chi connectivity index (χ0v) is 15.8. The predicted octanol–water partition coefficient (Wildman–Crippen LogP) is 3.72. The van der Waals surface area contributed by atoms with Crippen LogP contribution in [0.5, 0.6) is 5.75 Å². The van der Waals surface area contributed by atoms with Crippen LogP contribution in [0.4, 0.5) is 4.79 Å². The Kier molecular flexibility index (Phi) is 8.05. The summed E-state index contributed by atoms with van der Waals surface area (Å²) in [7, 11) is 0. The molecule has 0 radical (unpaired) electrons. The van der Waals surface area contributed by atoms with Crippen molar-refractivity contribution in [2.75, 3.05) is 13.2 Å². The summed E-state index contributed by atoms with van der Waals surface area (Å²) in [5.41, 5.74) is 0.628. The van der Waals surface area contributed by atoms with Crippen molar-refractivity contribution in [2.45, 2.75) is 59.7 Å². The van der Waals surface area contributed by atoms with Gasteiger partial charge in [0.1, 0.15) is 11.4 Å². The molecule has 0 fully saturated rings. The smallest absolute Gasteiger partial charge is 0.407 e. The van der Waals surface area contributed by atoms with Crippen molar-refractivity contribution in [1.29, 1.82) is 0 Å². The first-order valence-electron chi connectivity index (χ1n) is 8.64. The van der Waals surface area contributed by atoms with E-state index in [2.05, 4.69) is 30.5 Å². The second-order valence-corrected chi connectivity index (χ2v) is 7.15. The summed E-state index contributed by atoms with van der Waals surface area (Å²) in [6, 6.07) is 8.15. The molecule has 0 spiro atoms. The molecule has 1 unspecified atom stereocenters. The Bertz CT molecular complexity index is 510. The summed E-state index contributed by atoms with van der Waals surface area (Å²) in [5, 5.41) is 6.34. The first kappa shape index (κ1) is 20.3. The van der Waals surface area contributed by atoms with E-state index in [0.29, 0.717) is 25.6 Å². The Hall–Kier alpha value is -1.75. The van der Waals surface area contributed by atoms with E-state index in [-0.39, 0.29) is 12.1 Å². The molecule has 1 aromatic rings. The average Bonchev–Trinajstić information content (AvgIpc) is 2.46. The second-order valence-electron chi connectivity index (χ2n) is 7.15. The molecule has 1 amide bonds. The molecule has 0 aliphatic heterocycles. The number of nitrogens with one attached hydrogen (secondary N) is 2. The quantitative estimate of drug-likeness (QED) is 0.759. The Balaban J connectivity index is 2.57. The summed E-state index contributed by atoms with van der Waals surface area (Å²) < 4.78 is 10.9. The highest BCUT2D eigenvalue weighted by molar-refractivity contribution is 5.67. The van der Waals surface area contributed by atoms with Crippen LogP contribution in [0.25, 0.3) is 0 Å². The lowest BCUT2D eigenvalue weighted by molar-refractivity contribution is 0.0519. The molecule has 0 aliphatic carbocycles. The summed E-state index contributed by atoms with van der Waals surface area (Å²) in [6.45, 7) is 13.7. The van der Waals surface area contributed by atoms with Crippen LogP contribution in [0.1, 0.15) is 47.1 Å². The second kappa shape index (κ2) is 9.52. The fourth-order valence-corrected chi connectivity index (χ4v) is 2.24. The number of para-hydroxylation sites is 1. The average molecular weight is 336 g/mol. The molecule has 136 valence electrons. The van der Waals surface area contributed by atoms with Gasteiger partial charge in [-0.05, 0) is 39.7 Å². The van der Waals surface area contributed by atoms with E-state index >= 15 is 0 Å². The van der Waals surface area contributed by atoms with Gasteiger partial charge in [0.2, 0.25) is 0 Å². The van der Waals surface area contributed by atoms with Gasteiger partial charge in [0.05, 0.1) is 6.61 Å². The van der Waals surface area contributed by atoms with Gasteiger partial charge in [-0.15, -0.1) is 0 Å². The lowest BCUT2D eigenvalue weighted by Crippen LogP contribution is -2.45. The highest BCUT2D eigenvalue weighted by atomic mass is 16.6. The number of hydrogen-bond donors (Lipinski definition) is 2. The SMILES string of the molecule is CCOc1ccccc1CNC(CNC(=O)OC(C)(C)C)C(C)C. The molecular formula is C19H32N2O3. The predicted molar refractivity (Wildman–Crippen MR) is 97.3 cm³/mol. The Morgan fingerprint density at radius 3 is 2.46 bits per heavy atom. The van der Waals surface area contributed by atoms with E-state index in [0.717, 1.165) is 11.3 Å². The maximum atomic E-state index is 11.8. The minimum atomic E-state index is -0.485. The third kappa shape index (κ3) is 7.68. The number of hydrogen-bond acceptors (Lipinski definition) is 4. The van der Waals surface area contributed by atoms with Crippen molar-refractivity contribution in [3.63, 3.8) is 0 Å². The molecule has 0 heterocycles. The van der Waals surface area contributed by atoms with Gasteiger partial charge < -0.3 is 20.1 Å². The third-order valence-corrected chi connectivity index (χ3v) is 3.50. The van der Waals surface area contributed by atoms with Crippen molar-refractivity contribution in [3.8, 4) is 5.75 Å². The number of carbonyl (C=O) groups excluding carboxylic acids is 1. The fourth-order valence-electron chi connectivity index (χ4n) is 2.24. The molecule has 1 atom stereocenters. The molecule has 0 bridgehead atoms. The molecule has 1 aromatic carbocycles. The van der Waals surface area contributed by atoms with E-state index < -0.39 is 5.60 Å². The Morgan fingerprint density at radius 1 is 1.21 bits per heavy atom. The molecule has 1 rings (SSSR count). The van der Waals surface area contributed by atoms with Gasteiger partial charge in [-0.25, -0.2) is 4.79 Å². The molecule has 0 saturated heterocycles. The molecular weight excluding hydrogens is 304 g/mol. The number of rotatable bonds is 8. The molecule has 24 heavy (non-hydrogen) atoms. The van der Waals surface area contributed by atoms with Crippen LogP contribution in [0.15, 0.2) is 24.3 Å². The molecule has 0 saturated carbocycles. The molecule has 5 nitrogen and oxygen atoms in total. The van der Waals surface area contributed by atoms with Crippen molar-refractivity contribution >= 4 is 6.09 Å². The number of benzene rings is 1. The van der Waals surface area contributed by atoms with Crippen LogP contribution in [0.3, 0.4) is 0 Å². The first-order chi connectivity index (χ1) is 11.2. The maximum absolute atomic E-state index is 11.8. The van der Waals surface area contributed by atoms with E-state index in [4.69, 9.17) is 9.47 Å². The van der Waals surface area contributed by atoms with E-state index in [1.54, 1.807) is 0 Å². The van der Waals surface area contributed by atoms with Crippen LogP contribution in [0.2, 0.25) is 0 Å². The zero-order chi connectivity index (χ0) is 18.2. The Morgan fingerprint density at radius 2 is 1.88 bits per heavy atom. The number of alkyl carbamates (subject to hydrolysis) is 1. The van der Waals surface area contributed by atoms with Crippen molar-refractivity contribution in [1.82, 2.24) is 10.6 Å². The minimum Gasteiger partial charge on any atom is -0.494 e. The highest BCUT2D eigenvalue weighted by Crippen LogP contribution is 2.18. The number of carbonyl (C=O) groups is 1. The van der Waals surface area contributed by atoms with E-state index in [9.17, 15) is 4.79 Å². The van der Waals surface area contributed by atoms with Gasteiger partial charge in [-0.2, -0.15) is 0 Å². The third-order valence-electron chi connectivity index (χ3n) is 3.50. The standard InChI is InChI=1S/C19H32N2O3/c1-7-23-17-11-9-8-10-15(17)12-20-16(14(2)3)13-21-18(22)24-19(4,5)6/h8-11,14,16,20H,7,12-13H2,1-6H3,(H,21,22). The summed E-state index contributed by atoms with van der Waals surface area (Å²) in [4.78, 5) is 11.8.